The van der Waals surface area contributed by atoms with Crippen LogP contribution in [0.5, 0.6) is 0 Å². The first-order chi connectivity index (χ1) is 14.8. The molecule has 0 fully saturated rings. The lowest BCUT2D eigenvalue weighted by atomic mass is 9.94. The van der Waals surface area contributed by atoms with Gasteiger partial charge in [0, 0.05) is 0 Å². The molecule has 2 nitrogen and oxygen atoms in total. The van der Waals surface area contributed by atoms with Crippen LogP contribution in [-0.4, -0.2) is 12.6 Å². The van der Waals surface area contributed by atoms with Crippen molar-refractivity contribution in [2.75, 3.05) is 6.61 Å². The van der Waals surface area contributed by atoms with Gasteiger partial charge in [0.15, 0.2) is 0 Å². The Labute approximate surface area is 190 Å². The summed E-state index contributed by atoms with van der Waals surface area (Å²) in [6.45, 7) is 7.37. The van der Waals surface area contributed by atoms with Crippen LogP contribution < -0.4 is 0 Å². The van der Waals surface area contributed by atoms with Gasteiger partial charge in [0.05, 0.1) is 12.5 Å². The van der Waals surface area contributed by atoms with Gasteiger partial charge in [-0.25, -0.2) is 0 Å². The third kappa shape index (κ3) is 20.7. The van der Waals surface area contributed by atoms with E-state index < -0.39 is 0 Å². The zero-order chi connectivity index (χ0) is 22.1. The summed E-state index contributed by atoms with van der Waals surface area (Å²) in [5.74, 6) is 0.238. The van der Waals surface area contributed by atoms with Gasteiger partial charge in [-0.15, -0.1) is 0 Å². The predicted molar refractivity (Wildman–Crippen MR) is 133 cm³/mol. The van der Waals surface area contributed by atoms with Gasteiger partial charge in [-0.3, -0.25) is 4.79 Å². The van der Waals surface area contributed by atoms with Crippen LogP contribution in [0.1, 0.15) is 162 Å². The molecule has 0 amide bonds. The predicted octanol–water partition coefficient (Wildman–Crippen LogP) is 9.79. The quantitative estimate of drug-likeness (QED) is 0.114. The van der Waals surface area contributed by atoms with E-state index in [4.69, 9.17) is 4.74 Å². The Morgan fingerprint density at radius 2 is 0.833 bits per heavy atom. The molecule has 1 unspecified atom stereocenters. The molecule has 0 radical (unpaired) electrons. The highest BCUT2D eigenvalue weighted by molar-refractivity contribution is 5.72. The normalized spacial score (nSPS) is 12.2. The highest BCUT2D eigenvalue weighted by atomic mass is 16.5. The van der Waals surface area contributed by atoms with Gasteiger partial charge in [-0.1, -0.05) is 143 Å². The Hall–Kier alpha value is -0.530. The van der Waals surface area contributed by atoms with Gasteiger partial charge in [-0.05, 0) is 19.3 Å². The first-order valence-corrected chi connectivity index (χ1v) is 13.9. The van der Waals surface area contributed by atoms with Crippen molar-refractivity contribution in [3.05, 3.63) is 0 Å². The van der Waals surface area contributed by atoms with Gasteiger partial charge in [0.25, 0.3) is 0 Å². The summed E-state index contributed by atoms with van der Waals surface area (Å²) in [6.07, 6.45) is 28.2. The lowest BCUT2D eigenvalue weighted by Gasteiger charge is -2.16. The molecule has 180 valence electrons. The van der Waals surface area contributed by atoms with Crippen molar-refractivity contribution in [1.29, 1.82) is 0 Å². The molecule has 30 heavy (non-hydrogen) atoms. The van der Waals surface area contributed by atoms with E-state index >= 15 is 0 Å². The largest absolute Gasteiger partial charge is 0.465 e. The molecule has 0 saturated heterocycles. The van der Waals surface area contributed by atoms with Crippen LogP contribution >= 0.6 is 0 Å². The Morgan fingerprint density at radius 1 is 0.500 bits per heavy atom. The second-order valence-electron chi connectivity index (χ2n) is 9.45. The highest BCUT2D eigenvalue weighted by Gasteiger charge is 2.19. The second-order valence-corrected chi connectivity index (χ2v) is 9.45. The maximum Gasteiger partial charge on any atom is 0.308 e. The number of carbonyl (C=O) groups excluding carboxylic acids is 1. The minimum atomic E-state index is 0.0890. The molecule has 0 N–H and O–H groups in total. The maximum absolute atomic E-state index is 12.5. The van der Waals surface area contributed by atoms with Crippen molar-refractivity contribution in [2.45, 2.75) is 162 Å². The van der Waals surface area contributed by atoms with E-state index in [-0.39, 0.29) is 11.9 Å². The van der Waals surface area contributed by atoms with Crippen molar-refractivity contribution in [2.24, 2.45) is 5.92 Å². The molecule has 0 bridgehead atoms. The SMILES string of the molecule is CCCCCCCCCCCCCCC(CCCCCC)C(=O)OCCCCCC. The fourth-order valence-electron chi connectivity index (χ4n) is 4.25. The standard InChI is InChI=1S/C28H56O2/c1-4-7-10-13-14-15-16-17-18-19-20-22-25-27(24-21-11-8-5-2)28(29)30-26-23-12-9-6-3/h27H,4-26H2,1-3H3. The summed E-state index contributed by atoms with van der Waals surface area (Å²) in [5, 5.41) is 0. The zero-order valence-corrected chi connectivity index (χ0v) is 21.2. The number of hydrogen-bond donors (Lipinski definition) is 0. The second kappa shape index (κ2) is 24.7. The molecule has 0 aromatic carbocycles. The fourth-order valence-corrected chi connectivity index (χ4v) is 4.25. The van der Waals surface area contributed by atoms with Gasteiger partial charge in [-0.2, -0.15) is 0 Å². The van der Waals surface area contributed by atoms with Crippen LogP contribution in [0, 0.1) is 5.92 Å². The van der Waals surface area contributed by atoms with E-state index in [0.717, 1.165) is 19.3 Å². The van der Waals surface area contributed by atoms with Crippen molar-refractivity contribution in [3.63, 3.8) is 0 Å². The van der Waals surface area contributed by atoms with Gasteiger partial charge >= 0.3 is 5.97 Å². The number of ether oxygens (including phenoxy) is 1. The molecule has 1 atom stereocenters. The average Bonchev–Trinajstić information content (AvgIpc) is 2.75. The Kier molecular flexibility index (Phi) is 24.3. The van der Waals surface area contributed by atoms with E-state index in [1.54, 1.807) is 0 Å². The summed E-state index contributed by atoms with van der Waals surface area (Å²) >= 11 is 0. The van der Waals surface area contributed by atoms with Crippen molar-refractivity contribution in [1.82, 2.24) is 0 Å². The first kappa shape index (κ1) is 29.5. The lowest BCUT2D eigenvalue weighted by molar-refractivity contribution is -0.149. The summed E-state index contributed by atoms with van der Waals surface area (Å²) < 4.78 is 5.63. The molecular weight excluding hydrogens is 368 g/mol. The van der Waals surface area contributed by atoms with E-state index in [0.29, 0.717) is 6.61 Å². The van der Waals surface area contributed by atoms with E-state index in [2.05, 4.69) is 20.8 Å². The number of carbonyl (C=O) groups is 1. The van der Waals surface area contributed by atoms with Crippen LogP contribution in [0.25, 0.3) is 0 Å². The third-order valence-corrected chi connectivity index (χ3v) is 6.39. The lowest BCUT2D eigenvalue weighted by Crippen LogP contribution is -2.18. The fraction of sp³-hybridized carbons (Fsp3) is 0.964. The smallest absolute Gasteiger partial charge is 0.308 e. The van der Waals surface area contributed by atoms with E-state index in [1.807, 2.05) is 0 Å². The van der Waals surface area contributed by atoms with Crippen LogP contribution in [-0.2, 0) is 9.53 Å². The summed E-state index contributed by atoms with van der Waals surface area (Å²) in [7, 11) is 0. The molecule has 0 aliphatic rings. The number of hydrogen-bond acceptors (Lipinski definition) is 2. The number of rotatable bonds is 24. The molecule has 0 aliphatic carbocycles. The summed E-state index contributed by atoms with van der Waals surface area (Å²) in [5.41, 5.74) is 0. The summed E-state index contributed by atoms with van der Waals surface area (Å²) in [6, 6.07) is 0. The molecule has 0 aliphatic heterocycles. The van der Waals surface area contributed by atoms with Crippen molar-refractivity contribution >= 4 is 5.97 Å². The van der Waals surface area contributed by atoms with Gasteiger partial charge < -0.3 is 4.74 Å². The Balaban J connectivity index is 3.82. The molecule has 0 rings (SSSR count). The minimum absolute atomic E-state index is 0.0890. The molecule has 0 heterocycles. The minimum Gasteiger partial charge on any atom is -0.465 e. The molecule has 0 aromatic rings. The Bertz CT molecular complexity index is 340. The maximum atomic E-state index is 12.5. The van der Waals surface area contributed by atoms with Crippen LogP contribution in [0.2, 0.25) is 0 Å². The monoisotopic (exact) mass is 424 g/mol. The number of esters is 1. The molecule has 2 heteroatoms. The van der Waals surface area contributed by atoms with Crippen LogP contribution in [0.15, 0.2) is 0 Å². The van der Waals surface area contributed by atoms with Crippen LogP contribution in [0.3, 0.4) is 0 Å². The third-order valence-electron chi connectivity index (χ3n) is 6.39. The summed E-state index contributed by atoms with van der Waals surface area (Å²) in [4.78, 5) is 12.5. The van der Waals surface area contributed by atoms with Gasteiger partial charge in [0.1, 0.15) is 0 Å². The topological polar surface area (TPSA) is 26.3 Å². The zero-order valence-electron chi connectivity index (χ0n) is 21.2. The molecule has 0 saturated carbocycles. The molecule has 0 spiro atoms. The van der Waals surface area contributed by atoms with Crippen molar-refractivity contribution in [3.8, 4) is 0 Å². The van der Waals surface area contributed by atoms with Crippen molar-refractivity contribution < 1.29 is 9.53 Å². The Morgan fingerprint density at radius 3 is 1.27 bits per heavy atom. The molecule has 0 aromatic heterocycles. The van der Waals surface area contributed by atoms with Gasteiger partial charge in [0.2, 0.25) is 0 Å². The molecular formula is C28H56O2. The van der Waals surface area contributed by atoms with E-state index in [9.17, 15) is 4.79 Å². The number of unbranched alkanes of at least 4 members (excludes halogenated alkanes) is 17. The average molecular weight is 425 g/mol. The van der Waals surface area contributed by atoms with E-state index in [1.165, 1.54) is 122 Å². The highest BCUT2D eigenvalue weighted by Crippen LogP contribution is 2.21. The van der Waals surface area contributed by atoms with Crippen LogP contribution in [0.4, 0.5) is 0 Å². The first-order valence-electron chi connectivity index (χ1n) is 13.9.